The summed E-state index contributed by atoms with van der Waals surface area (Å²) in [4.78, 5) is 36.9. The number of imide groups is 1. The Labute approximate surface area is 164 Å². The molecule has 2 fully saturated rings. The van der Waals surface area contributed by atoms with Crippen molar-refractivity contribution in [2.24, 2.45) is 0 Å². The number of amides is 4. The van der Waals surface area contributed by atoms with Gasteiger partial charge in [0.2, 0.25) is 21.8 Å². The molecule has 0 bridgehead atoms. The zero-order valence-electron chi connectivity index (χ0n) is 15.7. The van der Waals surface area contributed by atoms with Gasteiger partial charge in [0.15, 0.2) is 0 Å². The minimum Gasteiger partial charge on any atom is -0.337 e. The summed E-state index contributed by atoms with van der Waals surface area (Å²) in [6.45, 7) is 3.00. The fraction of sp³-hybridized carbons (Fsp3) is 0.500. The van der Waals surface area contributed by atoms with Crippen LogP contribution in [-0.2, 0) is 19.6 Å². The molecule has 1 aromatic carbocycles. The molecule has 152 valence electrons. The van der Waals surface area contributed by atoms with Gasteiger partial charge in [0.1, 0.15) is 0 Å². The van der Waals surface area contributed by atoms with Crippen LogP contribution in [0.25, 0.3) is 0 Å². The highest BCUT2D eigenvalue weighted by Crippen LogP contribution is 2.26. The summed E-state index contributed by atoms with van der Waals surface area (Å²) < 4.78 is 27.1. The van der Waals surface area contributed by atoms with Crippen LogP contribution >= 0.6 is 0 Å². The smallest absolute Gasteiger partial charge is 0.324 e. The van der Waals surface area contributed by atoms with Crippen molar-refractivity contribution in [1.82, 2.24) is 14.5 Å². The summed E-state index contributed by atoms with van der Waals surface area (Å²) in [5.74, 6) is -0.717. The zero-order chi connectivity index (χ0) is 20.3. The molecular formula is C18H24N4O5S. The Kier molecular flexibility index (Phi) is 5.99. The molecule has 0 radical (unpaired) electrons. The van der Waals surface area contributed by atoms with Crippen molar-refractivity contribution in [2.45, 2.75) is 37.5 Å². The van der Waals surface area contributed by atoms with Crippen LogP contribution in [0.15, 0.2) is 23.1 Å². The first-order valence-corrected chi connectivity index (χ1v) is 10.7. The second-order valence-electron chi connectivity index (χ2n) is 6.92. The molecule has 0 aliphatic carbocycles. The maximum Gasteiger partial charge on any atom is 0.324 e. The van der Waals surface area contributed by atoms with Crippen LogP contribution in [0.4, 0.5) is 10.5 Å². The highest BCUT2D eigenvalue weighted by molar-refractivity contribution is 7.89. The van der Waals surface area contributed by atoms with Crippen LogP contribution in [0.3, 0.4) is 0 Å². The maximum absolute atomic E-state index is 12.8. The van der Waals surface area contributed by atoms with Crippen LogP contribution < -0.4 is 10.6 Å². The van der Waals surface area contributed by atoms with Gasteiger partial charge < -0.3 is 10.6 Å². The maximum atomic E-state index is 12.8. The molecule has 2 aliphatic rings. The topological polar surface area (TPSA) is 116 Å². The van der Waals surface area contributed by atoms with Gasteiger partial charge in [-0.15, -0.1) is 0 Å². The van der Waals surface area contributed by atoms with E-state index >= 15 is 0 Å². The number of carbonyl (C=O) groups excluding carboxylic acids is 3. The number of anilines is 1. The number of aryl methyl sites for hydroxylation is 1. The lowest BCUT2D eigenvalue weighted by Gasteiger charge is -2.25. The van der Waals surface area contributed by atoms with Crippen LogP contribution in [0.2, 0.25) is 0 Å². The lowest BCUT2D eigenvalue weighted by Crippen LogP contribution is -2.50. The van der Waals surface area contributed by atoms with Gasteiger partial charge >= 0.3 is 6.03 Å². The third-order valence-electron chi connectivity index (χ3n) is 4.88. The van der Waals surface area contributed by atoms with E-state index < -0.39 is 22.0 Å². The molecule has 2 heterocycles. The van der Waals surface area contributed by atoms with E-state index in [4.69, 9.17) is 0 Å². The Hall–Kier alpha value is -2.46. The van der Waals surface area contributed by atoms with Gasteiger partial charge in [-0.2, -0.15) is 4.31 Å². The van der Waals surface area contributed by atoms with Gasteiger partial charge in [-0.3, -0.25) is 14.5 Å². The monoisotopic (exact) mass is 408 g/mol. The lowest BCUT2D eigenvalue weighted by atomic mass is 10.2. The van der Waals surface area contributed by atoms with Gasteiger partial charge in [-0.05, 0) is 37.5 Å². The molecule has 2 N–H and O–H groups in total. The standard InChI is InChI=1S/C18H24N4O5S/c1-13-4-5-14(12-15(13)28(26,27)21-9-2-3-10-21)20-16(23)7-11-22-17(24)6-8-19-18(22)25/h4-5,12H,2-3,6-11H2,1H3,(H,19,25)(H,20,23). The molecule has 2 saturated heterocycles. The first kappa shape index (κ1) is 20.3. The summed E-state index contributed by atoms with van der Waals surface area (Å²) in [5.41, 5.74) is 0.975. The molecule has 3 rings (SSSR count). The second-order valence-corrected chi connectivity index (χ2v) is 8.82. The molecule has 9 nitrogen and oxygen atoms in total. The highest BCUT2D eigenvalue weighted by atomic mass is 32.2. The quantitative estimate of drug-likeness (QED) is 0.730. The first-order chi connectivity index (χ1) is 13.3. The molecule has 0 aromatic heterocycles. The van der Waals surface area contributed by atoms with Gasteiger partial charge in [-0.1, -0.05) is 6.07 Å². The van der Waals surface area contributed by atoms with E-state index in [0.717, 1.165) is 17.7 Å². The van der Waals surface area contributed by atoms with Gasteiger partial charge in [0.05, 0.1) is 4.90 Å². The Balaban J connectivity index is 1.66. The largest absolute Gasteiger partial charge is 0.337 e. The van der Waals surface area contributed by atoms with Crippen molar-refractivity contribution in [1.29, 1.82) is 0 Å². The molecule has 28 heavy (non-hydrogen) atoms. The molecule has 2 aliphatic heterocycles. The van der Waals surface area contributed by atoms with Gasteiger partial charge in [-0.25, -0.2) is 13.2 Å². The van der Waals surface area contributed by atoms with Crippen LogP contribution in [0.5, 0.6) is 0 Å². The first-order valence-electron chi connectivity index (χ1n) is 9.28. The number of benzene rings is 1. The number of carbonyl (C=O) groups is 3. The molecule has 0 atom stereocenters. The van der Waals surface area contributed by atoms with E-state index in [1.807, 2.05) is 0 Å². The van der Waals surface area contributed by atoms with Crippen molar-refractivity contribution in [2.75, 3.05) is 31.5 Å². The molecule has 10 heteroatoms. The SMILES string of the molecule is Cc1ccc(NC(=O)CCN2C(=O)CCNC2=O)cc1S(=O)(=O)N1CCCC1. The van der Waals surface area contributed by atoms with Crippen molar-refractivity contribution >= 4 is 33.6 Å². The number of hydrogen-bond acceptors (Lipinski definition) is 5. The summed E-state index contributed by atoms with van der Waals surface area (Å²) in [5, 5.41) is 5.21. The molecule has 4 amide bonds. The van der Waals surface area contributed by atoms with Crippen molar-refractivity contribution in [3.63, 3.8) is 0 Å². The van der Waals surface area contributed by atoms with E-state index in [1.165, 1.54) is 10.4 Å². The van der Waals surface area contributed by atoms with E-state index in [0.29, 0.717) is 30.9 Å². The van der Waals surface area contributed by atoms with E-state index in [9.17, 15) is 22.8 Å². The Morgan fingerprint density at radius 1 is 1.21 bits per heavy atom. The normalized spacial score (nSPS) is 18.2. The van der Waals surface area contributed by atoms with Crippen LogP contribution in [0, 0.1) is 6.92 Å². The number of hydrogen-bond donors (Lipinski definition) is 2. The van der Waals surface area contributed by atoms with Gasteiger partial charge in [0.25, 0.3) is 0 Å². The van der Waals surface area contributed by atoms with Gasteiger partial charge in [0, 0.05) is 44.7 Å². The van der Waals surface area contributed by atoms with Crippen LogP contribution in [0.1, 0.15) is 31.2 Å². The summed E-state index contributed by atoms with van der Waals surface area (Å²) in [7, 11) is -3.60. The predicted molar refractivity (Wildman–Crippen MR) is 102 cm³/mol. The predicted octanol–water partition coefficient (Wildman–Crippen LogP) is 1.05. The number of nitrogens with zero attached hydrogens (tertiary/aromatic N) is 2. The Morgan fingerprint density at radius 2 is 1.93 bits per heavy atom. The average molecular weight is 408 g/mol. The van der Waals surface area contributed by atoms with Crippen molar-refractivity contribution in [3.05, 3.63) is 23.8 Å². The molecule has 0 unspecified atom stereocenters. The number of nitrogens with one attached hydrogen (secondary N) is 2. The minimum atomic E-state index is -3.60. The minimum absolute atomic E-state index is 0.0265. The van der Waals surface area contributed by atoms with E-state index in [-0.39, 0.29) is 30.2 Å². The fourth-order valence-corrected chi connectivity index (χ4v) is 5.07. The molecule has 0 saturated carbocycles. The van der Waals surface area contributed by atoms with E-state index in [1.54, 1.807) is 19.1 Å². The number of rotatable bonds is 6. The lowest BCUT2D eigenvalue weighted by molar-refractivity contribution is -0.129. The fourth-order valence-electron chi connectivity index (χ4n) is 3.31. The van der Waals surface area contributed by atoms with Crippen molar-refractivity contribution < 1.29 is 22.8 Å². The third kappa shape index (κ3) is 4.33. The zero-order valence-corrected chi connectivity index (χ0v) is 16.5. The van der Waals surface area contributed by atoms with Crippen LogP contribution in [-0.4, -0.2) is 61.6 Å². The summed E-state index contributed by atoms with van der Waals surface area (Å²) in [6, 6.07) is 4.24. The second kappa shape index (κ2) is 8.27. The Morgan fingerprint density at radius 3 is 2.61 bits per heavy atom. The molecular weight excluding hydrogens is 384 g/mol. The average Bonchev–Trinajstić information content (AvgIpc) is 3.18. The highest BCUT2D eigenvalue weighted by Gasteiger charge is 2.29. The summed E-state index contributed by atoms with van der Waals surface area (Å²) in [6.07, 6.45) is 1.83. The molecule has 0 spiro atoms. The third-order valence-corrected chi connectivity index (χ3v) is 6.92. The molecule has 1 aromatic rings. The number of urea groups is 1. The number of sulfonamides is 1. The Bertz CT molecular complexity index is 877. The summed E-state index contributed by atoms with van der Waals surface area (Å²) >= 11 is 0. The van der Waals surface area contributed by atoms with E-state index in [2.05, 4.69) is 10.6 Å². The van der Waals surface area contributed by atoms with Crippen molar-refractivity contribution in [3.8, 4) is 0 Å².